The maximum Gasteiger partial charge on any atom is 0.335 e. The van der Waals surface area contributed by atoms with Gasteiger partial charge >= 0.3 is 12.0 Å². The summed E-state index contributed by atoms with van der Waals surface area (Å²) in [6, 6.07) is 4.01. The Kier molecular flexibility index (Phi) is 4.17. The van der Waals surface area contributed by atoms with Crippen molar-refractivity contribution >= 4 is 17.7 Å². The highest BCUT2D eigenvalue weighted by Crippen LogP contribution is 2.16. The first kappa shape index (κ1) is 14.5. The van der Waals surface area contributed by atoms with E-state index in [1.54, 1.807) is 13.8 Å². The van der Waals surface area contributed by atoms with Gasteiger partial charge in [0.2, 0.25) is 5.89 Å². The summed E-state index contributed by atoms with van der Waals surface area (Å²) in [6.45, 7) is 3.50. The first-order valence-corrected chi connectivity index (χ1v) is 6.13. The lowest BCUT2D eigenvalue weighted by Crippen LogP contribution is -2.28. The van der Waals surface area contributed by atoms with Gasteiger partial charge in [0.1, 0.15) is 0 Å². The van der Waals surface area contributed by atoms with Gasteiger partial charge in [-0.25, -0.2) is 9.59 Å². The Morgan fingerprint density at radius 3 is 2.67 bits per heavy atom. The molecule has 8 heteroatoms. The van der Waals surface area contributed by atoms with Crippen molar-refractivity contribution in [2.45, 2.75) is 20.4 Å². The number of hydrogen-bond donors (Lipinski definition) is 3. The molecule has 0 unspecified atom stereocenters. The second-order valence-electron chi connectivity index (χ2n) is 4.37. The Morgan fingerprint density at radius 2 is 2.10 bits per heavy atom. The Hall–Kier alpha value is -2.90. The van der Waals surface area contributed by atoms with Crippen LogP contribution in [0.5, 0.6) is 0 Å². The summed E-state index contributed by atoms with van der Waals surface area (Å²) in [6.07, 6.45) is 0. The van der Waals surface area contributed by atoms with E-state index in [4.69, 9.17) is 9.63 Å². The molecule has 0 aliphatic rings. The molecule has 0 atom stereocenters. The molecule has 0 spiro atoms. The van der Waals surface area contributed by atoms with Crippen molar-refractivity contribution in [2.75, 3.05) is 5.32 Å². The predicted octanol–water partition coefficient (Wildman–Crippen LogP) is 1.71. The summed E-state index contributed by atoms with van der Waals surface area (Å²) >= 11 is 0. The molecule has 0 radical (unpaired) electrons. The monoisotopic (exact) mass is 290 g/mol. The molecule has 0 saturated carbocycles. The van der Waals surface area contributed by atoms with Crippen LogP contribution < -0.4 is 10.6 Å². The first-order chi connectivity index (χ1) is 9.95. The molecule has 0 fully saturated rings. The third-order valence-electron chi connectivity index (χ3n) is 2.70. The second-order valence-corrected chi connectivity index (χ2v) is 4.37. The lowest BCUT2D eigenvalue weighted by atomic mass is 10.1. The third kappa shape index (κ3) is 3.78. The number of nitrogens with one attached hydrogen (secondary N) is 2. The zero-order valence-corrected chi connectivity index (χ0v) is 11.5. The number of carboxylic acid groups (broad SMARTS) is 1. The summed E-state index contributed by atoms with van der Waals surface area (Å²) < 4.78 is 4.78. The molecule has 21 heavy (non-hydrogen) atoms. The number of urea groups is 1. The van der Waals surface area contributed by atoms with Crippen molar-refractivity contribution in [3.8, 4) is 0 Å². The number of rotatable bonds is 4. The molecule has 0 aliphatic heterocycles. The summed E-state index contributed by atoms with van der Waals surface area (Å²) in [4.78, 5) is 26.5. The van der Waals surface area contributed by atoms with Gasteiger partial charge in [0.05, 0.1) is 12.1 Å². The topological polar surface area (TPSA) is 117 Å². The van der Waals surface area contributed by atoms with E-state index in [1.807, 2.05) is 0 Å². The van der Waals surface area contributed by atoms with Crippen LogP contribution in [-0.2, 0) is 6.54 Å². The average molecular weight is 290 g/mol. The van der Waals surface area contributed by atoms with Crippen LogP contribution in [0.3, 0.4) is 0 Å². The minimum Gasteiger partial charge on any atom is -0.478 e. The van der Waals surface area contributed by atoms with Crippen molar-refractivity contribution in [1.82, 2.24) is 15.5 Å². The van der Waals surface area contributed by atoms with E-state index in [2.05, 4.69) is 20.8 Å². The molecule has 2 amide bonds. The van der Waals surface area contributed by atoms with Gasteiger partial charge in [-0.2, -0.15) is 4.98 Å². The maximum absolute atomic E-state index is 11.7. The third-order valence-corrected chi connectivity index (χ3v) is 2.70. The summed E-state index contributed by atoms with van der Waals surface area (Å²) in [5, 5.41) is 17.7. The summed E-state index contributed by atoms with van der Waals surface area (Å²) in [7, 11) is 0. The van der Waals surface area contributed by atoms with Crippen LogP contribution in [0, 0.1) is 13.8 Å². The summed E-state index contributed by atoms with van der Waals surface area (Å²) in [5.41, 5.74) is 1.35. The highest BCUT2D eigenvalue weighted by molar-refractivity contribution is 5.92. The van der Waals surface area contributed by atoms with Gasteiger partial charge < -0.3 is 20.3 Å². The molecule has 3 N–H and O–H groups in total. The van der Waals surface area contributed by atoms with E-state index in [9.17, 15) is 9.59 Å². The summed E-state index contributed by atoms with van der Waals surface area (Å²) in [5.74, 6) is -0.213. The standard InChI is InChI=1S/C13H14N4O4/c1-7-5-9(12(18)19)3-4-10(7)16-13(20)14-6-11-15-8(2)21-17-11/h3-5H,6H2,1-2H3,(H,18,19)(H2,14,16,20). The number of benzene rings is 1. The molecule has 8 nitrogen and oxygen atoms in total. The Morgan fingerprint density at radius 1 is 1.33 bits per heavy atom. The van der Waals surface area contributed by atoms with Crippen molar-refractivity contribution in [3.05, 3.63) is 41.0 Å². The van der Waals surface area contributed by atoms with Crippen LogP contribution in [0.2, 0.25) is 0 Å². The molecule has 0 saturated heterocycles. The Labute approximate surface area is 120 Å². The Balaban J connectivity index is 1.94. The minimum atomic E-state index is -1.01. The number of amides is 2. The number of aromatic carboxylic acids is 1. The number of nitrogens with zero attached hydrogens (tertiary/aromatic N) is 2. The number of carbonyl (C=O) groups is 2. The van der Waals surface area contributed by atoms with Gasteiger partial charge in [0.25, 0.3) is 0 Å². The molecule has 2 rings (SSSR count). The lowest BCUT2D eigenvalue weighted by molar-refractivity contribution is 0.0697. The normalized spacial score (nSPS) is 10.2. The van der Waals surface area contributed by atoms with Crippen molar-refractivity contribution in [1.29, 1.82) is 0 Å². The van der Waals surface area contributed by atoms with Crippen molar-refractivity contribution < 1.29 is 19.2 Å². The van der Waals surface area contributed by atoms with Gasteiger partial charge in [0, 0.05) is 12.6 Å². The van der Waals surface area contributed by atoms with Gasteiger partial charge in [-0.3, -0.25) is 0 Å². The SMILES string of the molecule is Cc1nc(CNC(=O)Nc2ccc(C(=O)O)cc2C)no1. The quantitative estimate of drug-likeness (QED) is 0.789. The number of aryl methyl sites for hydroxylation is 2. The fourth-order valence-corrected chi connectivity index (χ4v) is 1.68. The fourth-order valence-electron chi connectivity index (χ4n) is 1.68. The van der Waals surface area contributed by atoms with E-state index < -0.39 is 12.0 Å². The first-order valence-electron chi connectivity index (χ1n) is 6.13. The molecule has 110 valence electrons. The minimum absolute atomic E-state index is 0.134. The molecule has 2 aromatic rings. The van der Waals surface area contributed by atoms with Crippen molar-refractivity contribution in [2.24, 2.45) is 0 Å². The smallest absolute Gasteiger partial charge is 0.335 e. The van der Waals surface area contributed by atoms with E-state index in [1.165, 1.54) is 18.2 Å². The number of hydrogen-bond acceptors (Lipinski definition) is 5. The van der Waals surface area contributed by atoms with Crippen LogP contribution in [0.1, 0.15) is 27.6 Å². The van der Waals surface area contributed by atoms with E-state index in [0.29, 0.717) is 23.0 Å². The zero-order chi connectivity index (χ0) is 15.4. The van der Waals surface area contributed by atoms with Gasteiger partial charge in [-0.1, -0.05) is 5.16 Å². The molecule has 0 aliphatic carbocycles. The van der Waals surface area contributed by atoms with E-state index in [0.717, 1.165) is 0 Å². The van der Waals surface area contributed by atoms with Crippen molar-refractivity contribution in [3.63, 3.8) is 0 Å². The molecule has 1 aromatic carbocycles. The predicted molar refractivity (Wildman–Crippen MR) is 73.0 cm³/mol. The second kappa shape index (κ2) is 6.04. The highest BCUT2D eigenvalue weighted by Gasteiger charge is 2.09. The van der Waals surface area contributed by atoms with Gasteiger partial charge in [-0.15, -0.1) is 0 Å². The maximum atomic E-state index is 11.7. The molecule has 0 bridgehead atoms. The largest absolute Gasteiger partial charge is 0.478 e. The van der Waals surface area contributed by atoms with Gasteiger partial charge in [0.15, 0.2) is 5.82 Å². The molecular formula is C13H14N4O4. The highest BCUT2D eigenvalue weighted by atomic mass is 16.5. The number of carboxylic acids is 1. The molecule has 1 aromatic heterocycles. The average Bonchev–Trinajstić information content (AvgIpc) is 2.84. The van der Waals surface area contributed by atoms with E-state index >= 15 is 0 Å². The zero-order valence-electron chi connectivity index (χ0n) is 11.5. The van der Waals surface area contributed by atoms with Crippen LogP contribution in [0.25, 0.3) is 0 Å². The lowest BCUT2D eigenvalue weighted by Gasteiger charge is -2.09. The van der Waals surface area contributed by atoms with Crippen LogP contribution >= 0.6 is 0 Å². The molecular weight excluding hydrogens is 276 g/mol. The fraction of sp³-hybridized carbons (Fsp3) is 0.231. The Bertz CT molecular complexity index is 681. The van der Waals surface area contributed by atoms with Crippen LogP contribution in [0.15, 0.2) is 22.7 Å². The van der Waals surface area contributed by atoms with Crippen LogP contribution in [-0.4, -0.2) is 27.2 Å². The van der Waals surface area contributed by atoms with Crippen LogP contribution in [0.4, 0.5) is 10.5 Å². The number of aromatic nitrogens is 2. The number of anilines is 1. The van der Waals surface area contributed by atoms with E-state index in [-0.39, 0.29) is 12.1 Å². The van der Waals surface area contributed by atoms with Gasteiger partial charge in [-0.05, 0) is 30.7 Å². The number of carbonyl (C=O) groups excluding carboxylic acids is 1. The molecule has 1 heterocycles.